The van der Waals surface area contributed by atoms with Gasteiger partial charge in [-0.1, -0.05) is 30.4 Å². The number of carbonyl (C=O) groups is 2. The summed E-state index contributed by atoms with van der Waals surface area (Å²) in [6, 6.07) is 7.66. The predicted molar refractivity (Wildman–Crippen MR) is 101 cm³/mol. The largest absolute Gasteiger partial charge is 0.497 e. The lowest BCUT2D eigenvalue weighted by molar-refractivity contribution is -0.127. The van der Waals surface area contributed by atoms with Crippen molar-refractivity contribution in [1.29, 1.82) is 0 Å². The van der Waals surface area contributed by atoms with Crippen molar-refractivity contribution in [3.8, 4) is 5.75 Å². The summed E-state index contributed by atoms with van der Waals surface area (Å²) in [5.41, 5.74) is 1.03. The third-order valence-electron chi connectivity index (χ3n) is 3.94. The molecule has 6 heteroatoms. The Balaban J connectivity index is 1.78. The van der Waals surface area contributed by atoms with E-state index in [0.717, 1.165) is 11.3 Å². The van der Waals surface area contributed by atoms with Gasteiger partial charge in [0, 0.05) is 32.3 Å². The van der Waals surface area contributed by atoms with Gasteiger partial charge >= 0.3 is 6.09 Å². The van der Waals surface area contributed by atoms with E-state index < -0.39 is 0 Å². The molecule has 0 atom stereocenters. The minimum absolute atomic E-state index is 0.0544. The van der Waals surface area contributed by atoms with Gasteiger partial charge in [0.2, 0.25) is 5.91 Å². The van der Waals surface area contributed by atoms with Crippen molar-refractivity contribution in [2.24, 2.45) is 0 Å². The number of benzene rings is 1. The topological polar surface area (TPSA) is 59.1 Å². The number of amides is 2. The summed E-state index contributed by atoms with van der Waals surface area (Å²) in [4.78, 5) is 27.4. The van der Waals surface area contributed by atoms with E-state index in [0.29, 0.717) is 26.2 Å². The van der Waals surface area contributed by atoms with Gasteiger partial charge < -0.3 is 19.3 Å². The molecule has 0 spiro atoms. The maximum absolute atomic E-state index is 12.2. The molecule has 1 heterocycles. The van der Waals surface area contributed by atoms with E-state index in [1.54, 1.807) is 29.1 Å². The fourth-order valence-electron chi connectivity index (χ4n) is 2.51. The second-order valence-electron chi connectivity index (χ2n) is 6.24. The highest BCUT2D eigenvalue weighted by atomic mass is 16.6. The zero-order valence-electron chi connectivity index (χ0n) is 15.6. The third-order valence-corrected chi connectivity index (χ3v) is 3.94. The fraction of sp³-hybridized carbons (Fsp3) is 0.400. The number of methoxy groups -OCH3 is 1. The zero-order chi connectivity index (χ0) is 18.9. The Morgan fingerprint density at radius 2 is 1.62 bits per heavy atom. The molecule has 1 aromatic carbocycles. The molecule has 1 fully saturated rings. The van der Waals surface area contributed by atoms with Crippen LogP contribution in [0.15, 0.2) is 42.5 Å². The van der Waals surface area contributed by atoms with E-state index in [9.17, 15) is 9.59 Å². The highest BCUT2D eigenvalue weighted by Gasteiger charge is 2.24. The molecule has 0 N–H and O–H groups in total. The molecule has 0 aliphatic carbocycles. The summed E-state index contributed by atoms with van der Waals surface area (Å²) >= 11 is 0. The highest BCUT2D eigenvalue weighted by Crippen LogP contribution is 2.12. The smallest absolute Gasteiger partial charge is 0.410 e. The van der Waals surface area contributed by atoms with Gasteiger partial charge in [0.1, 0.15) is 5.75 Å². The first-order valence-corrected chi connectivity index (χ1v) is 8.73. The second kappa shape index (κ2) is 9.65. The van der Waals surface area contributed by atoms with Gasteiger partial charge in [-0.2, -0.15) is 0 Å². The normalized spacial score (nSPS) is 15.1. The Morgan fingerprint density at radius 1 is 1.00 bits per heavy atom. The fourth-order valence-corrected chi connectivity index (χ4v) is 2.51. The van der Waals surface area contributed by atoms with Crippen LogP contribution >= 0.6 is 0 Å². The number of allylic oxidation sites excluding steroid dienone is 2. The average molecular weight is 358 g/mol. The zero-order valence-corrected chi connectivity index (χ0v) is 15.6. The number of rotatable bonds is 5. The molecular weight excluding hydrogens is 332 g/mol. The van der Waals surface area contributed by atoms with Crippen molar-refractivity contribution in [2.75, 3.05) is 33.3 Å². The van der Waals surface area contributed by atoms with Gasteiger partial charge in [0.05, 0.1) is 13.2 Å². The van der Waals surface area contributed by atoms with E-state index in [1.165, 1.54) is 0 Å². The van der Waals surface area contributed by atoms with Crippen LogP contribution in [0, 0.1) is 0 Å². The average Bonchev–Trinajstić information content (AvgIpc) is 2.65. The molecule has 1 aromatic rings. The summed E-state index contributed by atoms with van der Waals surface area (Å²) < 4.78 is 10.3. The van der Waals surface area contributed by atoms with Crippen LogP contribution < -0.4 is 4.74 Å². The monoisotopic (exact) mass is 358 g/mol. The van der Waals surface area contributed by atoms with Crippen LogP contribution in [-0.2, 0) is 9.53 Å². The van der Waals surface area contributed by atoms with Gasteiger partial charge in [-0.25, -0.2) is 4.79 Å². The summed E-state index contributed by atoms with van der Waals surface area (Å²) in [5.74, 6) is 0.755. The summed E-state index contributed by atoms with van der Waals surface area (Å²) in [6.07, 6.45) is 6.57. The maximum Gasteiger partial charge on any atom is 0.410 e. The lowest BCUT2D eigenvalue weighted by Crippen LogP contribution is -2.50. The SMILES string of the molecule is COc1ccc(/C=C/C=C/C(=O)N2CCN(C(=O)OC(C)C)CC2)cc1. The molecule has 140 valence electrons. The van der Waals surface area contributed by atoms with Crippen molar-refractivity contribution in [3.05, 3.63) is 48.1 Å². The van der Waals surface area contributed by atoms with Gasteiger partial charge in [-0.05, 0) is 31.5 Å². The Kier molecular flexibility index (Phi) is 7.26. The summed E-state index contributed by atoms with van der Waals surface area (Å²) in [6.45, 7) is 5.65. The molecular formula is C20H26N2O4. The summed E-state index contributed by atoms with van der Waals surface area (Å²) in [5, 5.41) is 0. The number of nitrogens with zero attached hydrogens (tertiary/aromatic N) is 2. The Hall–Kier alpha value is -2.76. The minimum atomic E-state index is -0.315. The Labute approximate surface area is 154 Å². The lowest BCUT2D eigenvalue weighted by atomic mass is 10.2. The van der Waals surface area contributed by atoms with Crippen LogP contribution in [0.2, 0.25) is 0 Å². The predicted octanol–water partition coefficient (Wildman–Crippen LogP) is 2.95. The molecule has 6 nitrogen and oxygen atoms in total. The number of hydrogen-bond donors (Lipinski definition) is 0. The quantitative estimate of drug-likeness (QED) is 0.600. The Bertz CT molecular complexity index is 657. The summed E-state index contributed by atoms with van der Waals surface area (Å²) in [7, 11) is 1.63. The first-order valence-electron chi connectivity index (χ1n) is 8.73. The van der Waals surface area contributed by atoms with Crippen molar-refractivity contribution in [3.63, 3.8) is 0 Å². The Morgan fingerprint density at radius 3 is 2.19 bits per heavy atom. The van der Waals surface area contributed by atoms with E-state index in [1.807, 2.05) is 50.3 Å². The van der Waals surface area contributed by atoms with E-state index in [4.69, 9.17) is 9.47 Å². The van der Waals surface area contributed by atoms with Crippen LogP contribution in [0.4, 0.5) is 4.79 Å². The first kappa shape index (κ1) is 19.6. The molecule has 26 heavy (non-hydrogen) atoms. The molecule has 2 amide bonds. The molecule has 1 aliphatic heterocycles. The highest BCUT2D eigenvalue weighted by molar-refractivity contribution is 5.88. The molecule has 2 rings (SSSR count). The number of carbonyl (C=O) groups excluding carboxylic acids is 2. The minimum Gasteiger partial charge on any atom is -0.497 e. The number of ether oxygens (including phenoxy) is 2. The molecule has 0 saturated carbocycles. The van der Waals surface area contributed by atoms with E-state index in [2.05, 4.69) is 0 Å². The molecule has 1 saturated heterocycles. The van der Waals surface area contributed by atoms with Crippen LogP contribution in [-0.4, -0.2) is 61.2 Å². The lowest BCUT2D eigenvalue weighted by Gasteiger charge is -2.33. The van der Waals surface area contributed by atoms with Gasteiger partial charge in [-0.15, -0.1) is 0 Å². The van der Waals surface area contributed by atoms with Crippen LogP contribution in [0.3, 0.4) is 0 Å². The third kappa shape index (κ3) is 5.95. The van der Waals surface area contributed by atoms with Crippen molar-refractivity contribution in [1.82, 2.24) is 9.80 Å². The van der Waals surface area contributed by atoms with E-state index >= 15 is 0 Å². The molecule has 1 aliphatic rings. The second-order valence-corrected chi connectivity index (χ2v) is 6.24. The first-order chi connectivity index (χ1) is 12.5. The van der Waals surface area contributed by atoms with Crippen LogP contribution in [0.5, 0.6) is 5.75 Å². The van der Waals surface area contributed by atoms with Crippen molar-refractivity contribution in [2.45, 2.75) is 20.0 Å². The van der Waals surface area contributed by atoms with Crippen molar-refractivity contribution < 1.29 is 19.1 Å². The van der Waals surface area contributed by atoms with Gasteiger partial charge in [0.25, 0.3) is 0 Å². The van der Waals surface area contributed by atoms with Crippen LogP contribution in [0.25, 0.3) is 6.08 Å². The molecule has 0 radical (unpaired) electrons. The maximum atomic E-state index is 12.2. The number of hydrogen-bond acceptors (Lipinski definition) is 4. The van der Waals surface area contributed by atoms with Gasteiger partial charge in [0.15, 0.2) is 0 Å². The standard InChI is InChI=1S/C20H26N2O4/c1-16(2)26-20(24)22-14-12-21(13-15-22)19(23)7-5-4-6-17-8-10-18(25-3)11-9-17/h4-11,16H,12-15H2,1-3H3/b6-4+,7-5+. The van der Waals surface area contributed by atoms with E-state index in [-0.39, 0.29) is 18.1 Å². The van der Waals surface area contributed by atoms with Crippen LogP contribution in [0.1, 0.15) is 19.4 Å². The number of piperazine rings is 1. The van der Waals surface area contributed by atoms with Gasteiger partial charge in [-0.3, -0.25) is 4.79 Å². The molecule has 0 bridgehead atoms. The molecule has 0 unspecified atom stereocenters. The van der Waals surface area contributed by atoms with Crippen molar-refractivity contribution >= 4 is 18.1 Å². The molecule has 0 aromatic heterocycles.